The normalized spacial score (nSPS) is 21.7. The predicted molar refractivity (Wildman–Crippen MR) is 130 cm³/mol. The Bertz CT molecular complexity index is 762. The lowest BCUT2D eigenvalue weighted by atomic mass is 9.93. The van der Waals surface area contributed by atoms with E-state index in [1.54, 1.807) is 17.0 Å². The fraction of sp³-hybridized carbons (Fsp3) is 0.654. The molecule has 0 aromatic heterocycles. The third kappa shape index (κ3) is 8.14. The molecule has 7 heteroatoms. The third-order valence-electron chi connectivity index (χ3n) is 7.09. The van der Waals surface area contributed by atoms with Crippen molar-refractivity contribution in [1.29, 1.82) is 0 Å². The highest BCUT2D eigenvalue weighted by Crippen LogP contribution is 2.20. The van der Waals surface area contributed by atoms with Crippen molar-refractivity contribution in [3.05, 3.63) is 35.9 Å². The molecule has 2 fully saturated rings. The first-order chi connectivity index (χ1) is 16.1. The molecule has 0 aliphatic carbocycles. The van der Waals surface area contributed by atoms with Gasteiger partial charge in [-0.2, -0.15) is 0 Å². The number of hydrogen-bond acceptors (Lipinski definition) is 4. The van der Waals surface area contributed by atoms with Crippen LogP contribution in [0.1, 0.15) is 62.2 Å². The Balaban J connectivity index is 1.49. The Kier molecular flexibility index (Phi) is 10.2. The van der Waals surface area contributed by atoms with Crippen LogP contribution in [0.4, 0.5) is 0 Å². The summed E-state index contributed by atoms with van der Waals surface area (Å²) < 4.78 is 0. The first-order valence-corrected chi connectivity index (χ1v) is 12.7. The molecule has 2 saturated heterocycles. The van der Waals surface area contributed by atoms with Gasteiger partial charge in [0.15, 0.2) is 0 Å². The molecule has 2 aliphatic rings. The molecule has 2 aliphatic heterocycles. The van der Waals surface area contributed by atoms with Crippen LogP contribution in [0.5, 0.6) is 0 Å². The van der Waals surface area contributed by atoms with Gasteiger partial charge >= 0.3 is 0 Å². The second-order valence-corrected chi connectivity index (χ2v) is 9.34. The van der Waals surface area contributed by atoms with Crippen molar-refractivity contribution < 1.29 is 14.4 Å². The molecule has 0 spiro atoms. The van der Waals surface area contributed by atoms with Crippen molar-refractivity contribution in [1.82, 2.24) is 20.4 Å². The van der Waals surface area contributed by atoms with Crippen molar-refractivity contribution in [2.45, 2.75) is 51.9 Å². The van der Waals surface area contributed by atoms with Crippen LogP contribution < -0.4 is 10.6 Å². The lowest BCUT2D eigenvalue weighted by molar-refractivity contribution is -0.126. The fourth-order valence-electron chi connectivity index (χ4n) is 4.86. The van der Waals surface area contributed by atoms with Gasteiger partial charge < -0.3 is 20.4 Å². The fourth-order valence-corrected chi connectivity index (χ4v) is 4.86. The Labute approximate surface area is 198 Å². The molecule has 0 saturated carbocycles. The minimum atomic E-state index is -0.140. The molecular weight excluding hydrogens is 416 g/mol. The molecule has 182 valence electrons. The third-order valence-corrected chi connectivity index (χ3v) is 7.09. The van der Waals surface area contributed by atoms with Crippen LogP contribution in [0.25, 0.3) is 0 Å². The summed E-state index contributed by atoms with van der Waals surface area (Å²) in [6.45, 7) is 7.83. The molecule has 1 atom stereocenters. The zero-order valence-electron chi connectivity index (χ0n) is 20.1. The zero-order valence-corrected chi connectivity index (χ0v) is 20.1. The maximum Gasteiger partial charge on any atom is 0.253 e. The number of rotatable bonds is 6. The van der Waals surface area contributed by atoms with Crippen molar-refractivity contribution in [3.8, 4) is 0 Å². The second-order valence-electron chi connectivity index (χ2n) is 9.34. The number of hydrogen-bond donors (Lipinski definition) is 2. The van der Waals surface area contributed by atoms with Gasteiger partial charge in [0.2, 0.25) is 11.8 Å². The van der Waals surface area contributed by atoms with Crippen LogP contribution in [0.2, 0.25) is 0 Å². The molecular formula is C26H40N4O3. The smallest absolute Gasteiger partial charge is 0.253 e. The quantitative estimate of drug-likeness (QED) is 0.690. The molecule has 1 aromatic rings. The van der Waals surface area contributed by atoms with E-state index in [1.807, 2.05) is 18.2 Å². The number of nitrogens with one attached hydrogen (secondary N) is 2. The Morgan fingerprint density at radius 1 is 1.03 bits per heavy atom. The lowest BCUT2D eigenvalue weighted by Crippen LogP contribution is -2.37. The summed E-state index contributed by atoms with van der Waals surface area (Å²) in [6, 6.07) is 9.18. The van der Waals surface area contributed by atoms with Gasteiger partial charge in [-0.3, -0.25) is 14.4 Å². The molecule has 33 heavy (non-hydrogen) atoms. The second kappa shape index (κ2) is 13.3. The summed E-state index contributed by atoms with van der Waals surface area (Å²) in [5, 5.41) is 6.07. The van der Waals surface area contributed by atoms with Crippen LogP contribution in [0.15, 0.2) is 30.3 Å². The minimum absolute atomic E-state index is 0.0576. The maximum absolute atomic E-state index is 12.9. The van der Waals surface area contributed by atoms with Gasteiger partial charge in [-0.15, -0.1) is 0 Å². The first kappa shape index (κ1) is 25.2. The lowest BCUT2D eigenvalue weighted by Gasteiger charge is -2.31. The molecule has 1 aromatic carbocycles. The topological polar surface area (TPSA) is 81.8 Å². The van der Waals surface area contributed by atoms with Gasteiger partial charge in [0, 0.05) is 44.1 Å². The van der Waals surface area contributed by atoms with E-state index in [-0.39, 0.29) is 30.1 Å². The van der Waals surface area contributed by atoms with Gasteiger partial charge in [0.1, 0.15) is 0 Å². The number of nitrogens with zero attached hydrogens (tertiary/aromatic N) is 2. The van der Waals surface area contributed by atoms with Gasteiger partial charge in [0.05, 0.1) is 0 Å². The molecule has 3 amide bonds. The number of carbonyl (C=O) groups is 3. The summed E-state index contributed by atoms with van der Waals surface area (Å²) in [7, 11) is 0. The van der Waals surface area contributed by atoms with Crippen molar-refractivity contribution >= 4 is 17.7 Å². The van der Waals surface area contributed by atoms with E-state index in [0.29, 0.717) is 37.5 Å². The van der Waals surface area contributed by atoms with Crippen molar-refractivity contribution in [3.63, 3.8) is 0 Å². The summed E-state index contributed by atoms with van der Waals surface area (Å²) in [4.78, 5) is 42.3. The largest absolute Gasteiger partial charge is 0.356 e. The molecule has 2 heterocycles. The summed E-state index contributed by atoms with van der Waals surface area (Å²) in [5.41, 5.74) is 0.631. The van der Waals surface area contributed by atoms with E-state index >= 15 is 0 Å². The Morgan fingerprint density at radius 2 is 1.79 bits per heavy atom. The Hall–Kier alpha value is -2.41. The number of piperidine rings is 1. The standard InChI is InChI=1S/C26H40N4O3/c1-2-29-18-12-21(13-19-29)10-15-28-25(32)22-9-6-17-30(20-14-24(31)27-16-11-22)26(33)23-7-4-3-5-8-23/h3-5,7-8,21-22H,2,6,9-20H2,1H3,(H,27,31)(H,28,32). The van der Waals surface area contributed by atoms with Gasteiger partial charge in [-0.25, -0.2) is 0 Å². The highest BCUT2D eigenvalue weighted by atomic mass is 16.2. The minimum Gasteiger partial charge on any atom is -0.356 e. The molecule has 0 radical (unpaired) electrons. The number of likely N-dealkylation sites (tertiary alicyclic amines) is 1. The van der Waals surface area contributed by atoms with Crippen LogP contribution in [0, 0.1) is 11.8 Å². The van der Waals surface area contributed by atoms with E-state index in [0.717, 1.165) is 45.4 Å². The van der Waals surface area contributed by atoms with Crippen LogP contribution >= 0.6 is 0 Å². The average Bonchev–Trinajstić information content (AvgIpc) is 2.89. The van der Waals surface area contributed by atoms with Gasteiger partial charge in [0.25, 0.3) is 5.91 Å². The van der Waals surface area contributed by atoms with Crippen molar-refractivity contribution in [2.75, 3.05) is 45.8 Å². The molecule has 7 nitrogen and oxygen atoms in total. The summed E-state index contributed by atoms with van der Waals surface area (Å²) in [6.07, 6.45) is 5.85. The van der Waals surface area contributed by atoms with Crippen LogP contribution in [0.3, 0.4) is 0 Å². The van der Waals surface area contributed by atoms with Crippen molar-refractivity contribution in [2.24, 2.45) is 11.8 Å². The molecule has 3 rings (SSSR count). The van der Waals surface area contributed by atoms with Gasteiger partial charge in [-0.05, 0) is 76.2 Å². The van der Waals surface area contributed by atoms with Crippen LogP contribution in [-0.4, -0.2) is 73.3 Å². The maximum atomic E-state index is 12.9. The van der Waals surface area contributed by atoms with E-state index in [1.165, 1.54) is 12.8 Å². The predicted octanol–water partition coefficient (Wildman–Crippen LogP) is 2.67. The zero-order chi connectivity index (χ0) is 23.5. The van der Waals surface area contributed by atoms with Crippen LogP contribution in [-0.2, 0) is 9.59 Å². The average molecular weight is 457 g/mol. The molecule has 2 N–H and O–H groups in total. The van der Waals surface area contributed by atoms with Gasteiger partial charge in [-0.1, -0.05) is 25.1 Å². The SMILES string of the molecule is CCN1CCC(CCNC(=O)C2CCCN(C(=O)c3ccccc3)CCC(=O)NCC2)CC1. The molecule has 1 unspecified atom stereocenters. The number of carbonyl (C=O) groups excluding carboxylic acids is 3. The highest BCUT2D eigenvalue weighted by molar-refractivity contribution is 5.94. The number of amides is 3. The summed E-state index contributed by atoms with van der Waals surface area (Å²) in [5.74, 6) is 0.505. The molecule has 0 bridgehead atoms. The number of benzene rings is 1. The van der Waals surface area contributed by atoms with E-state index in [9.17, 15) is 14.4 Å². The van der Waals surface area contributed by atoms with E-state index in [4.69, 9.17) is 0 Å². The monoisotopic (exact) mass is 456 g/mol. The highest BCUT2D eigenvalue weighted by Gasteiger charge is 2.23. The Morgan fingerprint density at radius 3 is 2.52 bits per heavy atom. The van der Waals surface area contributed by atoms with E-state index in [2.05, 4.69) is 22.5 Å². The van der Waals surface area contributed by atoms with E-state index < -0.39 is 0 Å². The summed E-state index contributed by atoms with van der Waals surface area (Å²) >= 11 is 0. The first-order valence-electron chi connectivity index (χ1n) is 12.7.